The summed E-state index contributed by atoms with van der Waals surface area (Å²) in [5.41, 5.74) is 0. The largest absolute Gasteiger partial charge is 0.396 e. The van der Waals surface area contributed by atoms with E-state index < -0.39 is 0 Å². The summed E-state index contributed by atoms with van der Waals surface area (Å²) in [6.45, 7) is 3.07. The van der Waals surface area contributed by atoms with E-state index in [2.05, 4.69) is 5.32 Å². The smallest absolute Gasteiger partial charge is 0.158 e. The van der Waals surface area contributed by atoms with Gasteiger partial charge in [0, 0.05) is 13.0 Å². The van der Waals surface area contributed by atoms with E-state index in [1.165, 1.54) is 12.8 Å². The lowest BCUT2D eigenvalue weighted by Gasteiger charge is -2.24. The maximum absolute atomic E-state index is 8.79. The van der Waals surface area contributed by atoms with Gasteiger partial charge in [-0.2, -0.15) is 0 Å². The number of aliphatic hydroxyl groups excluding tert-OH is 1. The Kier molecular flexibility index (Phi) is 4.38. The van der Waals surface area contributed by atoms with Crippen molar-refractivity contribution in [3.05, 3.63) is 0 Å². The summed E-state index contributed by atoms with van der Waals surface area (Å²) in [5.74, 6) is 0.691. The number of hydrogen-bond donors (Lipinski definition) is 2. The van der Waals surface area contributed by atoms with E-state index in [1.807, 2.05) is 0 Å². The Balaban J connectivity index is 1.67. The molecule has 88 valence electrons. The Morgan fingerprint density at radius 2 is 2.33 bits per heavy atom. The van der Waals surface area contributed by atoms with Crippen LogP contribution < -0.4 is 5.32 Å². The third kappa shape index (κ3) is 3.41. The van der Waals surface area contributed by atoms with Crippen molar-refractivity contribution in [2.45, 2.75) is 38.1 Å². The standard InChI is InChI=1S/C11H21NO3/c13-5-3-10-8-14-11(15-10)6-9-2-1-4-12-7-9/h9-13H,1-8H2. The van der Waals surface area contributed by atoms with Crippen molar-refractivity contribution in [3.8, 4) is 0 Å². The minimum Gasteiger partial charge on any atom is -0.396 e. The Morgan fingerprint density at radius 3 is 3.07 bits per heavy atom. The maximum atomic E-state index is 8.79. The number of rotatable bonds is 4. The van der Waals surface area contributed by atoms with E-state index in [0.717, 1.165) is 19.5 Å². The minimum absolute atomic E-state index is 0.0357. The van der Waals surface area contributed by atoms with Crippen LogP contribution in [-0.2, 0) is 9.47 Å². The highest BCUT2D eigenvalue weighted by Crippen LogP contribution is 2.23. The van der Waals surface area contributed by atoms with E-state index in [9.17, 15) is 0 Å². The predicted octanol–water partition coefficient (Wildman–Crippen LogP) is 0.500. The molecular formula is C11H21NO3. The Hall–Kier alpha value is -0.160. The zero-order chi connectivity index (χ0) is 10.5. The summed E-state index contributed by atoms with van der Waals surface area (Å²) >= 11 is 0. The summed E-state index contributed by atoms with van der Waals surface area (Å²) in [6, 6.07) is 0. The van der Waals surface area contributed by atoms with Gasteiger partial charge in [-0.3, -0.25) is 0 Å². The summed E-state index contributed by atoms with van der Waals surface area (Å²) in [6.07, 6.45) is 4.30. The SMILES string of the molecule is OCCC1COC(CC2CCCNC2)O1. The topological polar surface area (TPSA) is 50.7 Å². The van der Waals surface area contributed by atoms with Crippen LogP contribution in [0.1, 0.15) is 25.7 Å². The molecule has 15 heavy (non-hydrogen) atoms. The van der Waals surface area contributed by atoms with Gasteiger partial charge < -0.3 is 19.9 Å². The maximum Gasteiger partial charge on any atom is 0.158 e. The number of nitrogens with one attached hydrogen (secondary N) is 1. The Morgan fingerprint density at radius 1 is 1.40 bits per heavy atom. The fourth-order valence-corrected chi connectivity index (χ4v) is 2.32. The van der Waals surface area contributed by atoms with Gasteiger partial charge in [-0.25, -0.2) is 0 Å². The van der Waals surface area contributed by atoms with Crippen molar-refractivity contribution in [1.82, 2.24) is 5.32 Å². The van der Waals surface area contributed by atoms with Gasteiger partial charge in [0.15, 0.2) is 6.29 Å². The lowest BCUT2D eigenvalue weighted by Crippen LogP contribution is -2.32. The number of aliphatic hydroxyl groups is 1. The van der Waals surface area contributed by atoms with Crippen LogP contribution in [0.3, 0.4) is 0 Å². The molecule has 0 bridgehead atoms. The molecule has 2 aliphatic heterocycles. The van der Waals surface area contributed by atoms with Crippen LogP contribution in [0, 0.1) is 5.92 Å². The first-order valence-electron chi connectivity index (χ1n) is 5.97. The fraction of sp³-hybridized carbons (Fsp3) is 1.00. The first-order chi connectivity index (χ1) is 7.38. The van der Waals surface area contributed by atoms with Crippen molar-refractivity contribution in [2.75, 3.05) is 26.3 Å². The van der Waals surface area contributed by atoms with Crippen LogP contribution in [-0.4, -0.2) is 43.8 Å². The van der Waals surface area contributed by atoms with Crippen LogP contribution in [0.25, 0.3) is 0 Å². The molecule has 0 aliphatic carbocycles. The highest BCUT2D eigenvalue weighted by Gasteiger charge is 2.28. The van der Waals surface area contributed by atoms with E-state index in [1.54, 1.807) is 0 Å². The molecule has 2 saturated heterocycles. The van der Waals surface area contributed by atoms with Gasteiger partial charge in [0.1, 0.15) is 0 Å². The second-order valence-corrected chi connectivity index (χ2v) is 4.48. The van der Waals surface area contributed by atoms with Gasteiger partial charge in [0.25, 0.3) is 0 Å². The molecule has 0 saturated carbocycles. The van der Waals surface area contributed by atoms with Crippen molar-refractivity contribution in [2.24, 2.45) is 5.92 Å². The monoisotopic (exact) mass is 215 g/mol. The third-order valence-electron chi connectivity index (χ3n) is 3.19. The molecule has 0 radical (unpaired) electrons. The summed E-state index contributed by atoms with van der Waals surface area (Å²) in [4.78, 5) is 0. The van der Waals surface area contributed by atoms with Gasteiger partial charge in [0.05, 0.1) is 12.7 Å². The number of ether oxygens (including phenoxy) is 2. The highest BCUT2D eigenvalue weighted by atomic mass is 16.7. The second-order valence-electron chi connectivity index (χ2n) is 4.48. The molecular weight excluding hydrogens is 194 g/mol. The molecule has 2 aliphatic rings. The lowest BCUT2D eigenvalue weighted by atomic mass is 9.96. The molecule has 2 rings (SSSR count). The third-order valence-corrected chi connectivity index (χ3v) is 3.19. The normalized spacial score (nSPS) is 37.0. The Labute approximate surface area is 90.9 Å². The fourth-order valence-electron chi connectivity index (χ4n) is 2.32. The summed E-state index contributed by atoms with van der Waals surface area (Å²) in [7, 11) is 0. The highest BCUT2D eigenvalue weighted by molar-refractivity contribution is 4.73. The molecule has 2 fully saturated rings. The van der Waals surface area contributed by atoms with Crippen LogP contribution in [0.4, 0.5) is 0 Å². The van der Waals surface area contributed by atoms with Crippen LogP contribution in [0.2, 0.25) is 0 Å². The van der Waals surface area contributed by atoms with Crippen molar-refractivity contribution >= 4 is 0 Å². The lowest BCUT2D eigenvalue weighted by molar-refractivity contribution is -0.0749. The molecule has 2 heterocycles. The summed E-state index contributed by atoms with van der Waals surface area (Å²) in [5, 5.41) is 12.2. The van der Waals surface area contributed by atoms with Crippen molar-refractivity contribution < 1.29 is 14.6 Å². The quantitative estimate of drug-likeness (QED) is 0.717. The van der Waals surface area contributed by atoms with Crippen molar-refractivity contribution in [3.63, 3.8) is 0 Å². The molecule has 2 N–H and O–H groups in total. The molecule has 4 nitrogen and oxygen atoms in total. The molecule has 0 amide bonds. The average molecular weight is 215 g/mol. The number of piperidine rings is 1. The molecule has 0 aromatic rings. The zero-order valence-electron chi connectivity index (χ0n) is 9.15. The molecule has 3 unspecified atom stereocenters. The summed E-state index contributed by atoms with van der Waals surface area (Å²) < 4.78 is 11.3. The van der Waals surface area contributed by atoms with Gasteiger partial charge in [-0.1, -0.05) is 0 Å². The molecule has 0 spiro atoms. The van der Waals surface area contributed by atoms with E-state index in [-0.39, 0.29) is 19.0 Å². The Bertz CT molecular complexity index is 183. The average Bonchev–Trinajstić information content (AvgIpc) is 2.68. The zero-order valence-corrected chi connectivity index (χ0v) is 9.15. The van der Waals surface area contributed by atoms with Gasteiger partial charge in [0.2, 0.25) is 0 Å². The van der Waals surface area contributed by atoms with E-state index >= 15 is 0 Å². The first-order valence-corrected chi connectivity index (χ1v) is 5.97. The molecule has 3 atom stereocenters. The van der Waals surface area contributed by atoms with Gasteiger partial charge in [-0.15, -0.1) is 0 Å². The van der Waals surface area contributed by atoms with Gasteiger partial charge >= 0.3 is 0 Å². The second kappa shape index (κ2) is 5.80. The molecule has 4 heteroatoms. The molecule has 0 aromatic carbocycles. The molecule has 0 aromatic heterocycles. The van der Waals surface area contributed by atoms with E-state index in [4.69, 9.17) is 14.6 Å². The van der Waals surface area contributed by atoms with Crippen LogP contribution >= 0.6 is 0 Å². The van der Waals surface area contributed by atoms with Gasteiger partial charge in [-0.05, 0) is 38.3 Å². The predicted molar refractivity (Wildman–Crippen MR) is 56.5 cm³/mol. The minimum atomic E-state index is -0.0357. The first kappa shape index (κ1) is 11.3. The van der Waals surface area contributed by atoms with Crippen LogP contribution in [0.5, 0.6) is 0 Å². The number of hydrogen-bond acceptors (Lipinski definition) is 4. The van der Waals surface area contributed by atoms with Crippen LogP contribution in [0.15, 0.2) is 0 Å². The van der Waals surface area contributed by atoms with E-state index in [0.29, 0.717) is 18.9 Å². The van der Waals surface area contributed by atoms with Crippen molar-refractivity contribution in [1.29, 1.82) is 0 Å².